The number of hydrogen-bond acceptors (Lipinski definition) is 7. The molecule has 2 fully saturated rings. The van der Waals surface area contributed by atoms with E-state index in [1.54, 1.807) is 0 Å². The molecule has 154 valence electrons. The van der Waals surface area contributed by atoms with Crippen molar-refractivity contribution in [1.82, 2.24) is 0 Å². The van der Waals surface area contributed by atoms with Crippen LogP contribution in [0.25, 0.3) is 0 Å². The Hall–Kier alpha value is -4.05. The number of rotatable bonds is 4. The number of ketones is 1. The Kier molecular flexibility index (Phi) is 4.23. The van der Waals surface area contributed by atoms with E-state index in [-0.39, 0.29) is 5.69 Å². The van der Waals surface area contributed by atoms with Gasteiger partial charge in [0.1, 0.15) is 0 Å². The third-order valence-electron chi connectivity index (χ3n) is 5.71. The molecule has 0 spiro atoms. The molecule has 0 aliphatic carbocycles. The summed E-state index contributed by atoms with van der Waals surface area (Å²) in [5.41, 5.74) is -5.33. The van der Waals surface area contributed by atoms with Gasteiger partial charge in [-0.2, -0.15) is 10.5 Å². The van der Waals surface area contributed by atoms with Crippen molar-refractivity contribution >= 4 is 29.0 Å². The highest BCUT2D eigenvalue weighted by Gasteiger charge is 2.95. The molecule has 0 radical (unpaired) electrons. The molecule has 2 aliphatic rings. The first-order valence-electron chi connectivity index (χ1n) is 9.25. The fraction of sp³-hybridized carbons (Fsp3) is 0.227. The number of Topliss-reactive ketones (excluding diaryl/α,β-unsaturated/α-hetero) is 1. The van der Waals surface area contributed by atoms with E-state index in [1.807, 2.05) is 12.1 Å². The fourth-order valence-corrected chi connectivity index (χ4v) is 4.13. The summed E-state index contributed by atoms with van der Waals surface area (Å²) in [5, 5.41) is 31.8. The molecule has 9 heteroatoms. The number of benzene rings is 2. The van der Waals surface area contributed by atoms with Gasteiger partial charge >= 0.3 is 0 Å². The van der Waals surface area contributed by atoms with Crippen LogP contribution in [-0.4, -0.2) is 39.6 Å². The molecule has 2 aliphatic heterocycles. The number of nitriles is 2. The van der Waals surface area contributed by atoms with Gasteiger partial charge < -0.3 is 15.2 Å². The average molecular weight is 416 g/mol. The van der Waals surface area contributed by atoms with Gasteiger partial charge in [-0.15, -0.1) is 0 Å². The molecule has 2 aromatic rings. The Labute approximate surface area is 177 Å². The summed E-state index contributed by atoms with van der Waals surface area (Å²) < 4.78 is 5.49. The van der Waals surface area contributed by atoms with Gasteiger partial charge in [-0.05, 0) is 62.4 Å². The number of carbonyl (C=O) groups is 3. The monoisotopic (exact) mass is 416 g/mol. The van der Waals surface area contributed by atoms with E-state index in [2.05, 4.69) is 5.32 Å². The molecule has 4 rings (SSSR count). The predicted molar refractivity (Wildman–Crippen MR) is 106 cm³/mol. The molecule has 0 aromatic heterocycles. The number of epoxide rings is 1. The molecule has 0 unspecified atom stereocenters. The van der Waals surface area contributed by atoms with Crippen molar-refractivity contribution < 1.29 is 24.2 Å². The molecular formula is C22H16N4O5. The van der Waals surface area contributed by atoms with E-state index >= 15 is 0 Å². The number of hydrogen-bond donors (Lipinski definition) is 2. The summed E-state index contributed by atoms with van der Waals surface area (Å²) in [7, 11) is 0. The van der Waals surface area contributed by atoms with Crippen LogP contribution in [-0.2, 0) is 19.1 Å². The Bertz CT molecular complexity index is 1210. The molecule has 2 heterocycles. The average Bonchev–Trinajstić information content (AvgIpc) is 3.45. The maximum Gasteiger partial charge on any atom is 0.273 e. The lowest BCUT2D eigenvalue weighted by atomic mass is 9.85. The minimum absolute atomic E-state index is 0.205. The Morgan fingerprint density at radius 1 is 1.03 bits per heavy atom. The number of nitrogens with one attached hydrogen (secondary N) is 1. The third kappa shape index (κ3) is 2.45. The Morgan fingerprint density at radius 3 is 2.03 bits per heavy atom. The van der Waals surface area contributed by atoms with E-state index in [0.717, 1.165) is 11.8 Å². The zero-order valence-corrected chi connectivity index (χ0v) is 16.5. The number of amides is 2. The van der Waals surface area contributed by atoms with E-state index in [9.17, 15) is 19.5 Å². The van der Waals surface area contributed by atoms with E-state index < -0.39 is 34.5 Å². The summed E-state index contributed by atoms with van der Waals surface area (Å²) in [6, 6.07) is 15.6. The number of carbonyl (C=O) groups excluding carboxylic acids is 3. The maximum absolute atomic E-state index is 13.3. The van der Waals surface area contributed by atoms with Crippen LogP contribution in [0.15, 0.2) is 48.5 Å². The van der Waals surface area contributed by atoms with Crippen molar-refractivity contribution in [3.05, 3.63) is 59.7 Å². The number of nitrogens with zero attached hydrogens (tertiary/aromatic N) is 3. The quantitative estimate of drug-likeness (QED) is 0.562. The topological polar surface area (TPSA) is 147 Å². The van der Waals surface area contributed by atoms with Crippen LogP contribution >= 0.6 is 0 Å². The van der Waals surface area contributed by atoms with Crippen molar-refractivity contribution in [2.45, 2.75) is 30.8 Å². The lowest BCUT2D eigenvalue weighted by Gasteiger charge is -2.35. The first-order chi connectivity index (χ1) is 14.7. The van der Waals surface area contributed by atoms with Crippen molar-refractivity contribution in [3.63, 3.8) is 0 Å². The number of aliphatic hydroxyl groups is 1. The van der Waals surface area contributed by atoms with Gasteiger partial charge in [0.25, 0.3) is 11.8 Å². The maximum atomic E-state index is 13.3. The molecule has 2 aromatic carbocycles. The lowest BCUT2D eigenvalue weighted by Crippen LogP contribution is -2.58. The van der Waals surface area contributed by atoms with Crippen LogP contribution in [0.3, 0.4) is 0 Å². The Balaban J connectivity index is 1.76. The molecule has 0 saturated carbocycles. The van der Waals surface area contributed by atoms with Gasteiger partial charge in [-0.3, -0.25) is 19.3 Å². The van der Waals surface area contributed by atoms with Gasteiger partial charge in [0.15, 0.2) is 11.5 Å². The molecule has 31 heavy (non-hydrogen) atoms. The standard InChI is InChI=1S/C22H16N4O5/c1-13(27)21-19(29)26(17-9-5-15(12-24)6-10-17)20(2,30)22(21,31-21)18(28)25-16-7-3-14(11-23)4-8-16/h3-10,30H,1-2H3,(H,25,28)/t20-,21+,22-/m1/s1. The van der Waals surface area contributed by atoms with E-state index in [0.29, 0.717) is 16.8 Å². The molecule has 3 atom stereocenters. The minimum atomic E-state index is -2.21. The predicted octanol–water partition coefficient (Wildman–Crippen LogP) is 1.22. The van der Waals surface area contributed by atoms with Gasteiger partial charge in [0.05, 0.1) is 23.3 Å². The van der Waals surface area contributed by atoms with Crippen molar-refractivity contribution in [3.8, 4) is 12.1 Å². The van der Waals surface area contributed by atoms with Gasteiger partial charge in [-0.25, -0.2) is 0 Å². The highest BCUT2D eigenvalue weighted by atomic mass is 16.7. The Morgan fingerprint density at radius 2 is 1.55 bits per heavy atom. The van der Waals surface area contributed by atoms with E-state index in [4.69, 9.17) is 15.3 Å². The van der Waals surface area contributed by atoms with Crippen molar-refractivity contribution in [2.24, 2.45) is 0 Å². The molecule has 0 bridgehead atoms. The molecule has 2 amide bonds. The van der Waals surface area contributed by atoms with Crippen molar-refractivity contribution in [1.29, 1.82) is 10.5 Å². The number of morpholine rings is 1. The van der Waals surface area contributed by atoms with Gasteiger partial charge in [-0.1, -0.05) is 0 Å². The SMILES string of the molecule is CC(=O)[C@@]12O[C@]1(C(=O)Nc1ccc(C#N)cc1)[C@@](C)(O)N(c1ccc(C#N)cc1)C2=O. The molecule has 2 saturated heterocycles. The third-order valence-corrected chi connectivity index (χ3v) is 5.71. The second-order valence-electron chi connectivity index (χ2n) is 7.48. The summed E-state index contributed by atoms with van der Waals surface area (Å²) in [6.07, 6.45) is 0. The number of fused-ring (bicyclic) bond motifs is 1. The van der Waals surface area contributed by atoms with Crippen LogP contribution in [0.2, 0.25) is 0 Å². The molecular weight excluding hydrogens is 400 g/mol. The van der Waals surface area contributed by atoms with Crippen LogP contribution in [0.1, 0.15) is 25.0 Å². The smallest absolute Gasteiger partial charge is 0.273 e. The fourth-order valence-electron chi connectivity index (χ4n) is 4.13. The summed E-state index contributed by atoms with van der Waals surface area (Å²) in [6.45, 7) is 2.34. The minimum Gasteiger partial charge on any atom is -0.367 e. The zero-order chi connectivity index (χ0) is 22.6. The second-order valence-corrected chi connectivity index (χ2v) is 7.48. The second kappa shape index (κ2) is 6.47. The van der Waals surface area contributed by atoms with Gasteiger partial charge in [0.2, 0.25) is 11.2 Å². The summed E-state index contributed by atoms with van der Waals surface area (Å²) in [5.74, 6) is -2.46. The van der Waals surface area contributed by atoms with E-state index in [1.165, 1.54) is 55.5 Å². The summed E-state index contributed by atoms with van der Waals surface area (Å²) in [4.78, 5) is 39.9. The van der Waals surface area contributed by atoms with Crippen LogP contribution in [0, 0.1) is 22.7 Å². The zero-order valence-electron chi connectivity index (χ0n) is 16.5. The number of anilines is 2. The number of ether oxygens (including phenoxy) is 1. The first kappa shape index (κ1) is 20.2. The lowest BCUT2D eigenvalue weighted by molar-refractivity contribution is -0.136. The van der Waals surface area contributed by atoms with Gasteiger partial charge in [0, 0.05) is 11.4 Å². The molecule has 9 nitrogen and oxygen atoms in total. The molecule has 2 N–H and O–H groups in total. The highest BCUT2D eigenvalue weighted by Crippen LogP contribution is 2.63. The normalized spacial score (nSPS) is 28.3. The highest BCUT2D eigenvalue weighted by molar-refractivity contribution is 6.29. The van der Waals surface area contributed by atoms with Crippen LogP contribution in [0.5, 0.6) is 0 Å². The van der Waals surface area contributed by atoms with Crippen molar-refractivity contribution in [2.75, 3.05) is 10.2 Å². The van der Waals surface area contributed by atoms with Crippen LogP contribution < -0.4 is 10.2 Å². The largest absolute Gasteiger partial charge is 0.367 e. The van der Waals surface area contributed by atoms with Crippen LogP contribution in [0.4, 0.5) is 11.4 Å². The summed E-state index contributed by atoms with van der Waals surface area (Å²) >= 11 is 0. The first-order valence-corrected chi connectivity index (χ1v) is 9.25.